The average Bonchev–Trinajstić information content (AvgIpc) is 2.64. The molecule has 1 aromatic carbocycles. The van der Waals surface area contributed by atoms with Crippen LogP contribution in [0.4, 0.5) is 5.82 Å². The highest BCUT2D eigenvalue weighted by Crippen LogP contribution is 2.22. The molecule has 2 aromatic rings. The number of nitriles is 1. The molecule has 3 rings (SSSR count). The lowest BCUT2D eigenvalue weighted by molar-refractivity contribution is -0.000638. The number of nitrogens with zero attached hydrogens (tertiary/aromatic N) is 2. The van der Waals surface area contributed by atoms with Gasteiger partial charge in [0.25, 0.3) is 0 Å². The van der Waals surface area contributed by atoms with Crippen molar-refractivity contribution in [1.82, 2.24) is 4.98 Å². The van der Waals surface area contributed by atoms with Gasteiger partial charge in [0.1, 0.15) is 23.7 Å². The first-order valence-electron chi connectivity index (χ1n) is 8.70. The highest BCUT2D eigenvalue weighted by Gasteiger charge is 2.28. The van der Waals surface area contributed by atoms with Gasteiger partial charge in [0.15, 0.2) is 0 Å². The first-order valence-corrected chi connectivity index (χ1v) is 8.70. The summed E-state index contributed by atoms with van der Waals surface area (Å²) in [6.45, 7) is 4.93. The number of aliphatic hydroxyl groups is 1. The van der Waals surface area contributed by atoms with E-state index in [4.69, 9.17) is 14.6 Å². The first kappa shape index (κ1) is 18.2. The zero-order valence-corrected chi connectivity index (χ0v) is 15.0. The van der Waals surface area contributed by atoms with Crippen molar-refractivity contribution in [2.45, 2.75) is 39.0 Å². The first-order chi connectivity index (χ1) is 12.6. The molecule has 2 N–H and O–H groups in total. The lowest BCUT2D eigenvalue weighted by Gasteiger charge is -2.33. The van der Waals surface area contributed by atoms with E-state index < -0.39 is 0 Å². The Kier molecular flexibility index (Phi) is 5.71. The summed E-state index contributed by atoms with van der Waals surface area (Å²) in [5.41, 5.74) is 3.10. The molecule has 1 aliphatic heterocycles. The Labute approximate surface area is 153 Å². The van der Waals surface area contributed by atoms with Crippen LogP contribution in [0.1, 0.15) is 28.8 Å². The molecule has 1 fully saturated rings. The molecule has 0 amide bonds. The Morgan fingerprint density at radius 3 is 2.77 bits per heavy atom. The molecular weight excluding hydrogens is 330 g/mol. The molecule has 1 aromatic heterocycles. The number of pyridine rings is 1. The van der Waals surface area contributed by atoms with Gasteiger partial charge in [-0.25, -0.2) is 4.98 Å². The minimum Gasteiger partial charge on any atom is -0.486 e. The number of aliphatic hydroxyl groups excluding tert-OH is 1. The number of anilines is 1. The second-order valence-corrected chi connectivity index (χ2v) is 6.47. The van der Waals surface area contributed by atoms with Crippen molar-refractivity contribution < 1.29 is 14.6 Å². The van der Waals surface area contributed by atoms with Gasteiger partial charge in [-0.3, -0.25) is 0 Å². The summed E-state index contributed by atoms with van der Waals surface area (Å²) in [5.74, 6) is 1.49. The highest BCUT2D eigenvalue weighted by molar-refractivity contribution is 5.49. The molecule has 6 heteroatoms. The maximum absolute atomic E-state index is 9.19. The molecule has 26 heavy (non-hydrogen) atoms. The van der Waals surface area contributed by atoms with Crippen LogP contribution >= 0.6 is 0 Å². The quantitative estimate of drug-likeness (QED) is 0.859. The Balaban J connectivity index is 1.73. The van der Waals surface area contributed by atoms with Crippen molar-refractivity contribution in [1.29, 1.82) is 5.26 Å². The molecule has 1 saturated heterocycles. The lowest BCUT2D eigenvalue weighted by Crippen LogP contribution is -2.45. The van der Waals surface area contributed by atoms with Crippen LogP contribution in [-0.2, 0) is 11.3 Å². The molecule has 2 unspecified atom stereocenters. The second kappa shape index (κ2) is 8.17. The Hall–Kier alpha value is -2.62. The molecule has 136 valence electrons. The van der Waals surface area contributed by atoms with Crippen molar-refractivity contribution in [3.8, 4) is 11.8 Å². The Morgan fingerprint density at radius 2 is 2.12 bits per heavy atom. The number of benzene rings is 1. The van der Waals surface area contributed by atoms with E-state index >= 15 is 0 Å². The number of aromatic nitrogens is 1. The molecule has 2 atom stereocenters. The number of hydrogen-bond acceptors (Lipinski definition) is 6. The van der Waals surface area contributed by atoms with Crippen LogP contribution in [-0.4, -0.2) is 35.5 Å². The van der Waals surface area contributed by atoms with Crippen LogP contribution < -0.4 is 10.1 Å². The van der Waals surface area contributed by atoms with Crippen molar-refractivity contribution in [3.63, 3.8) is 0 Å². The largest absolute Gasteiger partial charge is 0.486 e. The Bertz CT molecular complexity index is 776. The number of rotatable bonds is 5. The molecule has 6 nitrogen and oxygen atoms in total. The monoisotopic (exact) mass is 353 g/mol. The standard InChI is InChI=1S/C20H23N3O3/c1-13-9-20(22-14(2)17(13)10-21)23-18-7-8-25-12-19(18)26-16-5-3-15(11-24)4-6-16/h3-6,9,18-19,24H,7-8,11-12H2,1-2H3,(H,22,23). The summed E-state index contributed by atoms with van der Waals surface area (Å²) in [6.07, 6.45) is 0.654. The van der Waals surface area contributed by atoms with E-state index in [1.165, 1.54) is 0 Å². The molecule has 0 spiro atoms. The van der Waals surface area contributed by atoms with Crippen LogP contribution in [0.3, 0.4) is 0 Å². The summed E-state index contributed by atoms with van der Waals surface area (Å²) < 4.78 is 11.7. The smallest absolute Gasteiger partial charge is 0.142 e. The molecular formula is C20H23N3O3. The molecule has 0 bridgehead atoms. The minimum absolute atomic E-state index is 0.0140. The number of nitrogens with one attached hydrogen (secondary N) is 1. The van der Waals surface area contributed by atoms with Crippen LogP contribution in [0.25, 0.3) is 0 Å². The van der Waals surface area contributed by atoms with E-state index in [9.17, 15) is 5.26 Å². The number of ether oxygens (including phenoxy) is 2. The van der Waals surface area contributed by atoms with Gasteiger partial charge in [-0.15, -0.1) is 0 Å². The van der Waals surface area contributed by atoms with Crippen LogP contribution in [0.2, 0.25) is 0 Å². The highest BCUT2D eigenvalue weighted by atomic mass is 16.5. The zero-order valence-electron chi connectivity index (χ0n) is 15.0. The van der Waals surface area contributed by atoms with Crippen LogP contribution in [0, 0.1) is 25.2 Å². The van der Waals surface area contributed by atoms with Gasteiger partial charge < -0.3 is 19.9 Å². The third-order valence-corrected chi connectivity index (χ3v) is 4.54. The van der Waals surface area contributed by atoms with Gasteiger partial charge in [0.05, 0.1) is 30.5 Å². The third-order valence-electron chi connectivity index (χ3n) is 4.54. The fraction of sp³-hybridized carbons (Fsp3) is 0.400. The molecule has 0 saturated carbocycles. The molecule has 0 aliphatic carbocycles. The van der Waals surface area contributed by atoms with Crippen molar-refractivity contribution in [3.05, 3.63) is 52.7 Å². The van der Waals surface area contributed by atoms with Gasteiger partial charge in [0, 0.05) is 6.61 Å². The fourth-order valence-electron chi connectivity index (χ4n) is 3.11. The van der Waals surface area contributed by atoms with E-state index in [0.717, 1.165) is 34.8 Å². The molecule has 2 heterocycles. The average molecular weight is 353 g/mol. The van der Waals surface area contributed by atoms with Gasteiger partial charge in [-0.1, -0.05) is 12.1 Å². The van der Waals surface area contributed by atoms with Crippen molar-refractivity contribution in [2.75, 3.05) is 18.5 Å². The summed E-state index contributed by atoms with van der Waals surface area (Å²) in [6, 6.07) is 11.5. The van der Waals surface area contributed by atoms with E-state index in [2.05, 4.69) is 16.4 Å². The SMILES string of the molecule is Cc1cc(NC2CCOCC2Oc2ccc(CO)cc2)nc(C)c1C#N. The van der Waals surface area contributed by atoms with Gasteiger partial charge in [-0.2, -0.15) is 5.26 Å². The molecule has 1 aliphatic rings. The second-order valence-electron chi connectivity index (χ2n) is 6.47. The zero-order chi connectivity index (χ0) is 18.5. The fourth-order valence-corrected chi connectivity index (χ4v) is 3.11. The summed E-state index contributed by atoms with van der Waals surface area (Å²) >= 11 is 0. The summed E-state index contributed by atoms with van der Waals surface area (Å²) in [5, 5.41) is 21.8. The van der Waals surface area contributed by atoms with Crippen LogP contribution in [0.15, 0.2) is 30.3 Å². The normalized spacial score (nSPS) is 19.6. The maximum Gasteiger partial charge on any atom is 0.142 e. The number of hydrogen-bond donors (Lipinski definition) is 2. The topological polar surface area (TPSA) is 87.4 Å². The third kappa shape index (κ3) is 4.13. The maximum atomic E-state index is 9.19. The predicted octanol–water partition coefficient (Wildman–Crippen LogP) is 2.71. The van der Waals surface area contributed by atoms with Gasteiger partial charge in [-0.05, 0) is 49.6 Å². The summed E-state index contributed by atoms with van der Waals surface area (Å²) in [4.78, 5) is 4.51. The Morgan fingerprint density at radius 1 is 1.35 bits per heavy atom. The summed E-state index contributed by atoms with van der Waals surface area (Å²) in [7, 11) is 0. The van der Waals surface area contributed by atoms with E-state index in [0.29, 0.717) is 18.8 Å². The van der Waals surface area contributed by atoms with E-state index in [1.807, 2.05) is 44.2 Å². The van der Waals surface area contributed by atoms with Gasteiger partial charge >= 0.3 is 0 Å². The van der Waals surface area contributed by atoms with Crippen molar-refractivity contribution in [2.24, 2.45) is 0 Å². The van der Waals surface area contributed by atoms with E-state index in [1.54, 1.807) is 0 Å². The lowest BCUT2D eigenvalue weighted by atomic mass is 10.0. The minimum atomic E-state index is -0.151. The predicted molar refractivity (Wildman–Crippen MR) is 98.1 cm³/mol. The van der Waals surface area contributed by atoms with E-state index in [-0.39, 0.29) is 18.8 Å². The van der Waals surface area contributed by atoms with Gasteiger partial charge in [0.2, 0.25) is 0 Å². The number of aryl methyl sites for hydroxylation is 2. The van der Waals surface area contributed by atoms with Crippen molar-refractivity contribution >= 4 is 5.82 Å². The van der Waals surface area contributed by atoms with Crippen LogP contribution in [0.5, 0.6) is 5.75 Å². The molecule has 0 radical (unpaired) electrons.